The Kier molecular flexibility index (Phi) is 4.03. The molecule has 4 aliphatic rings. The van der Waals surface area contributed by atoms with Crippen molar-refractivity contribution in [1.29, 1.82) is 0 Å². The van der Waals surface area contributed by atoms with E-state index in [-0.39, 0.29) is 29.1 Å². The Bertz CT molecular complexity index is 657. The summed E-state index contributed by atoms with van der Waals surface area (Å²) in [5, 5.41) is 10.8. The number of esters is 2. The summed E-state index contributed by atoms with van der Waals surface area (Å²) in [7, 11) is 2.80. The highest BCUT2D eigenvalue weighted by atomic mass is 16.5. The predicted molar refractivity (Wildman–Crippen MR) is 94.9 cm³/mol. The van der Waals surface area contributed by atoms with Gasteiger partial charge in [-0.3, -0.25) is 9.59 Å². The summed E-state index contributed by atoms with van der Waals surface area (Å²) in [5.41, 5.74) is 0.0180. The largest absolute Gasteiger partial charge is 0.469 e. The third kappa shape index (κ3) is 2.01. The molecule has 0 radical (unpaired) electrons. The lowest BCUT2D eigenvalue weighted by Gasteiger charge is -2.46. The molecule has 8 atom stereocenters. The minimum absolute atomic E-state index is 0.165. The summed E-state index contributed by atoms with van der Waals surface area (Å²) in [5.74, 6) is -0.126. The van der Waals surface area contributed by atoms with Gasteiger partial charge in [-0.05, 0) is 74.5 Å². The molecule has 4 fully saturated rings. The fourth-order valence-electron chi connectivity index (χ4n) is 7.51. The summed E-state index contributed by atoms with van der Waals surface area (Å²) in [6.07, 6.45) is 4.66. The van der Waals surface area contributed by atoms with Crippen molar-refractivity contribution in [2.24, 2.45) is 40.4 Å². The summed E-state index contributed by atoms with van der Waals surface area (Å²) in [6, 6.07) is 0. The smallest absolute Gasteiger partial charge is 0.314 e. The first kappa shape index (κ1) is 18.0. The second-order valence-electron chi connectivity index (χ2n) is 9.21. The molecule has 0 aliphatic heterocycles. The number of rotatable bonds is 2. The van der Waals surface area contributed by atoms with Crippen LogP contribution in [0.1, 0.15) is 45.4 Å². The minimum atomic E-state index is -1.07. The van der Waals surface area contributed by atoms with Crippen LogP contribution in [-0.2, 0) is 19.1 Å². The van der Waals surface area contributed by atoms with Crippen LogP contribution in [-0.4, -0.2) is 37.4 Å². The standard InChI is InChI=1S/C21H30O5/c1-11-9-21-10-12(11)5-7-14(21)13-6-8-15(22)20(2,19(24)26-4)16(13)17(21)18(23)25-3/h12-17,22H,1,5-10H2,2-4H3/t12-,13-,14?,15+,16-,17-,20-,21+/m1/s1. The van der Waals surface area contributed by atoms with Gasteiger partial charge in [-0.1, -0.05) is 12.2 Å². The van der Waals surface area contributed by atoms with E-state index >= 15 is 0 Å². The molecule has 1 N–H and O–H groups in total. The third-order valence-corrected chi connectivity index (χ3v) is 8.52. The number of aliphatic hydroxyl groups is 1. The van der Waals surface area contributed by atoms with E-state index in [0.717, 1.165) is 32.1 Å². The molecule has 0 aromatic carbocycles. The van der Waals surface area contributed by atoms with Gasteiger partial charge in [-0.15, -0.1) is 0 Å². The number of ether oxygens (including phenoxy) is 2. The highest BCUT2D eigenvalue weighted by molar-refractivity contribution is 5.81. The molecule has 0 aromatic rings. The Hall–Kier alpha value is -1.36. The maximum atomic E-state index is 13.0. The number of carbonyl (C=O) groups excluding carboxylic acids is 2. The van der Waals surface area contributed by atoms with Crippen molar-refractivity contribution in [1.82, 2.24) is 0 Å². The first-order chi connectivity index (χ1) is 12.3. The van der Waals surface area contributed by atoms with Crippen molar-refractivity contribution >= 4 is 11.9 Å². The van der Waals surface area contributed by atoms with Gasteiger partial charge in [-0.2, -0.15) is 0 Å². The Labute approximate surface area is 155 Å². The maximum absolute atomic E-state index is 13.0. The van der Waals surface area contributed by atoms with Gasteiger partial charge >= 0.3 is 11.9 Å². The van der Waals surface area contributed by atoms with E-state index in [9.17, 15) is 14.7 Å². The Morgan fingerprint density at radius 3 is 2.54 bits per heavy atom. The second-order valence-corrected chi connectivity index (χ2v) is 9.21. The van der Waals surface area contributed by atoms with Gasteiger partial charge in [0.2, 0.25) is 0 Å². The second kappa shape index (κ2) is 5.82. The molecule has 4 saturated carbocycles. The topological polar surface area (TPSA) is 72.8 Å². The van der Waals surface area contributed by atoms with Crippen molar-refractivity contribution in [3.8, 4) is 0 Å². The molecule has 144 valence electrons. The predicted octanol–water partition coefficient (Wildman–Crippen LogP) is 2.72. The highest BCUT2D eigenvalue weighted by Gasteiger charge is 2.72. The van der Waals surface area contributed by atoms with E-state index < -0.39 is 17.5 Å². The Morgan fingerprint density at radius 1 is 1.15 bits per heavy atom. The highest BCUT2D eigenvalue weighted by Crippen LogP contribution is 2.73. The molecule has 0 aromatic heterocycles. The summed E-state index contributed by atoms with van der Waals surface area (Å²) < 4.78 is 10.4. The number of methoxy groups -OCH3 is 2. The summed E-state index contributed by atoms with van der Waals surface area (Å²) in [6.45, 7) is 6.10. The molecule has 4 aliphatic carbocycles. The van der Waals surface area contributed by atoms with Gasteiger partial charge in [-0.25, -0.2) is 0 Å². The van der Waals surface area contributed by atoms with Crippen molar-refractivity contribution in [3.63, 3.8) is 0 Å². The fourth-order valence-corrected chi connectivity index (χ4v) is 7.51. The van der Waals surface area contributed by atoms with Gasteiger partial charge in [0, 0.05) is 0 Å². The van der Waals surface area contributed by atoms with Crippen LogP contribution >= 0.6 is 0 Å². The van der Waals surface area contributed by atoms with Gasteiger partial charge in [0.15, 0.2) is 0 Å². The molecule has 1 unspecified atom stereocenters. The zero-order valence-corrected chi connectivity index (χ0v) is 16.0. The number of allylic oxidation sites excluding steroid dienone is 1. The SMILES string of the molecule is C=C1C[C@]23C[C@H]1CCC2[C@H]1CC[C@H](O)[C@@](C)(C(=O)OC)[C@H]1[C@@H]3C(=O)OC. The fraction of sp³-hybridized carbons (Fsp3) is 0.810. The van der Waals surface area contributed by atoms with Crippen LogP contribution in [0.25, 0.3) is 0 Å². The number of aliphatic hydroxyl groups excluding tert-OH is 1. The van der Waals surface area contributed by atoms with Crippen molar-refractivity contribution in [3.05, 3.63) is 12.2 Å². The van der Waals surface area contributed by atoms with E-state index in [1.165, 1.54) is 19.8 Å². The third-order valence-electron chi connectivity index (χ3n) is 8.52. The lowest BCUT2D eigenvalue weighted by atomic mass is 9.58. The van der Waals surface area contributed by atoms with Gasteiger partial charge < -0.3 is 14.6 Å². The summed E-state index contributed by atoms with van der Waals surface area (Å²) >= 11 is 0. The molecule has 26 heavy (non-hydrogen) atoms. The van der Waals surface area contributed by atoms with Crippen LogP contribution in [0.2, 0.25) is 0 Å². The van der Waals surface area contributed by atoms with Crippen molar-refractivity contribution in [2.75, 3.05) is 14.2 Å². The maximum Gasteiger partial charge on any atom is 0.314 e. The first-order valence-corrected chi connectivity index (χ1v) is 9.83. The Balaban J connectivity index is 1.88. The van der Waals surface area contributed by atoms with Crippen LogP contribution in [0.4, 0.5) is 0 Å². The molecular formula is C21H30O5. The van der Waals surface area contributed by atoms with E-state index in [4.69, 9.17) is 9.47 Å². The Morgan fingerprint density at radius 2 is 1.88 bits per heavy atom. The zero-order chi connectivity index (χ0) is 18.9. The molecule has 1 spiro atoms. The first-order valence-electron chi connectivity index (χ1n) is 9.83. The lowest BCUT2D eigenvalue weighted by Crippen LogP contribution is -2.54. The quantitative estimate of drug-likeness (QED) is 0.604. The van der Waals surface area contributed by atoms with E-state index in [1.807, 2.05) is 0 Å². The average molecular weight is 362 g/mol. The lowest BCUT2D eigenvalue weighted by molar-refractivity contribution is -0.178. The van der Waals surface area contributed by atoms with Crippen LogP contribution in [0.5, 0.6) is 0 Å². The zero-order valence-electron chi connectivity index (χ0n) is 16.0. The van der Waals surface area contributed by atoms with Crippen molar-refractivity contribution < 1.29 is 24.2 Å². The molecule has 0 heterocycles. The number of carbonyl (C=O) groups is 2. The van der Waals surface area contributed by atoms with Gasteiger partial charge in [0.25, 0.3) is 0 Å². The number of fused-ring (bicyclic) bond motifs is 3. The van der Waals surface area contributed by atoms with Crippen LogP contribution in [0, 0.1) is 40.4 Å². The van der Waals surface area contributed by atoms with Crippen LogP contribution < -0.4 is 0 Å². The minimum Gasteiger partial charge on any atom is -0.469 e. The molecule has 2 bridgehead atoms. The molecule has 5 heteroatoms. The van der Waals surface area contributed by atoms with E-state index in [2.05, 4.69) is 6.58 Å². The van der Waals surface area contributed by atoms with Gasteiger partial charge in [0.05, 0.1) is 31.7 Å². The number of hydrogen-bond donors (Lipinski definition) is 1. The molecule has 0 saturated heterocycles. The van der Waals surface area contributed by atoms with E-state index in [0.29, 0.717) is 18.3 Å². The van der Waals surface area contributed by atoms with Crippen LogP contribution in [0.15, 0.2) is 12.2 Å². The molecule has 4 rings (SSSR count). The normalized spacial score (nSPS) is 49.3. The summed E-state index contributed by atoms with van der Waals surface area (Å²) in [4.78, 5) is 25.9. The van der Waals surface area contributed by atoms with Crippen molar-refractivity contribution in [2.45, 2.75) is 51.6 Å². The molecular weight excluding hydrogens is 332 g/mol. The van der Waals surface area contributed by atoms with Crippen LogP contribution in [0.3, 0.4) is 0 Å². The molecule has 0 amide bonds. The van der Waals surface area contributed by atoms with Gasteiger partial charge in [0.1, 0.15) is 0 Å². The number of hydrogen-bond acceptors (Lipinski definition) is 5. The van der Waals surface area contributed by atoms with E-state index in [1.54, 1.807) is 6.92 Å². The average Bonchev–Trinajstić information content (AvgIpc) is 3.07. The monoisotopic (exact) mass is 362 g/mol. The molecule has 5 nitrogen and oxygen atoms in total.